The first-order valence-corrected chi connectivity index (χ1v) is 9.31. The fourth-order valence-electron chi connectivity index (χ4n) is 2.83. The summed E-state index contributed by atoms with van der Waals surface area (Å²) in [6, 6.07) is 19.1. The highest BCUT2D eigenvalue weighted by Crippen LogP contribution is 2.23. The zero-order valence-electron chi connectivity index (χ0n) is 15.3. The Kier molecular flexibility index (Phi) is 8.03. The first kappa shape index (κ1) is 19.0. The number of benzene rings is 2. The maximum Gasteiger partial charge on any atom is 0.333 e. The molecule has 0 aromatic heterocycles. The molecule has 0 saturated carbocycles. The van der Waals surface area contributed by atoms with Gasteiger partial charge in [-0.2, -0.15) is 0 Å². The van der Waals surface area contributed by atoms with Crippen molar-refractivity contribution in [3.05, 3.63) is 66.2 Å². The largest absolute Gasteiger partial charge is 0.461 e. The smallest absolute Gasteiger partial charge is 0.333 e. The van der Waals surface area contributed by atoms with E-state index in [1.165, 1.54) is 12.8 Å². The highest BCUT2D eigenvalue weighted by molar-refractivity contribution is 5.81. The fourth-order valence-corrected chi connectivity index (χ4v) is 2.83. The lowest BCUT2D eigenvalue weighted by Gasteiger charge is -2.23. The van der Waals surface area contributed by atoms with Crippen LogP contribution in [0.2, 0.25) is 0 Å². The van der Waals surface area contributed by atoms with E-state index in [9.17, 15) is 4.79 Å². The van der Waals surface area contributed by atoms with Gasteiger partial charge in [0.2, 0.25) is 0 Å². The average Bonchev–Trinajstić information content (AvgIpc) is 2.66. The molecule has 0 radical (unpaired) electrons. The van der Waals surface area contributed by atoms with Crippen LogP contribution >= 0.6 is 0 Å². The minimum absolute atomic E-state index is 0.0113. The van der Waals surface area contributed by atoms with Gasteiger partial charge in [0.25, 0.3) is 0 Å². The Morgan fingerprint density at radius 2 is 1.60 bits per heavy atom. The van der Waals surface area contributed by atoms with E-state index in [0.717, 1.165) is 30.5 Å². The summed E-state index contributed by atoms with van der Waals surface area (Å²) < 4.78 is 5.83. The van der Waals surface area contributed by atoms with Gasteiger partial charge in [-0.05, 0) is 37.0 Å². The van der Waals surface area contributed by atoms with Gasteiger partial charge in [-0.15, -0.1) is 0 Å². The van der Waals surface area contributed by atoms with Crippen molar-refractivity contribution >= 4 is 11.7 Å². The number of esters is 1. The summed E-state index contributed by atoms with van der Waals surface area (Å²) in [4.78, 5) is 12.9. The number of hydrogen-bond acceptors (Lipinski definition) is 3. The van der Waals surface area contributed by atoms with Gasteiger partial charge in [0.1, 0.15) is 6.10 Å². The molecule has 0 saturated heterocycles. The Labute approximate surface area is 151 Å². The molecule has 25 heavy (non-hydrogen) atoms. The van der Waals surface area contributed by atoms with Crippen LogP contribution in [0.5, 0.6) is 0 Å². The predicted octanol–water partition coefficient (Wildman–Crippen LogP) is 5.74. The molecule has 0 amide bonds. The van der Waals surface area contributed by atoms with E-state index in [-0.39, 0.29) is 12.1 Å². The van der Waals surface area contributed by atoms with Gasteiger partial charge in [-0.3, -0.25) is 0 Å². The lowest BCUT2D eigenvalue weighted by Crippen LogP contribution is -2.27. The van der Waals surface area contributed by atoms with Gasteiger partial charge in [-0.1, -0.05) is 75.2 Å². The average molecular weight is 339 g/mol. The topological polar surface area (TPSA) is 38.3 Å². The van der Waals surface area contributed by atoms with Crippen molar-refractivity contribution in [3.63, 3.8) is 0 Å². The van der Waals surface area contributed by atoms with Crippen molar-refractivity contribution in [1.29, 1.82) is 0 Å². The zero-order valence-corrected chi connectivity index (χ0v) is 15.3. The molecule has 2 atom stereocenters. The SMILES string of the molecule is CCCCCC(CC)OC(=O)C(Nc1ccccc1)c1ccccc1. The number of hydrogen-bond donors (Lipinski definition) is 1. The second-order valence-electron chi connectivity index (χ2n) is 6.32. The van der Waals surface area contributed by atoms with E-state index in [1.54, 1.807) is 0 Å². The zero-order chi connectivity index (χ0) is 17.9. The fraction of sp³-hybridized carbons (Fsp3) is 0.409. The number of anilines is 1. The molecular weight excluding hydrogens is 310 g/mol. The number of rotatable bonds is 10. The number of nitrogens with one attached hydrogen (secondary N) is 1. The van der Waals surface area contributed by atoms with Crippen LogP contribution in [0.15, 0.2) is 60.7 Å². The standard InChI is InChI=1S/C22H29NO2/c1-3-5-8-17-20(4-2)25-22(24)21(18-13-9-6-10-14-18)23-19-15-11-7-12-16-19/h6-7,9-16,20-21,23H,3-5,8,17H2,1-2H3. The van der Waals surface area contributed by atoms with Gasteiger partial charge >= 0.3 is 5.97 Å². The van der Waals surface area contributed by atoms with Crippen molar-refractivity contribution in [3.8, 4) is 0 Å². The second kappa shape index (κ2) is 10.5. The van der Waals surface area contributed by atoms with E-state index < -0.39 is 6.04 Å². The number of unbranched alkanes of at least 4 members (excludes halogenated alkanes) is 2. The highest BCUT2D eigenvalue weighted by atomic mass is 16.5. The van der Waals surface area contributed by atoms with Crippen LogP contribution in [0.3, 0.4) is 0 Å². The Balaban J connectivity index is 2.09. The molecule has 0 spiro atoms. The molecule has 3 heteroatoms. The van der Waals surface area contributed by atoms with Gasteiger partial charge in [0.05, 0.1) is 0 Å². The predicted molar refractivity (Wildman–Crippen MR) is 104 cm³/mol. The maximum absolute atomic E-state index is 12.9. The van der Waals surface area contributed by atoms with E-state index in [1.807, 2.05) is 60.7 Å². The van der Waals surface area contributed by atoms with Gasteiger partial charge in [0, 0.05) is 5.69 Å². The molecule has 2 unspecified atom stereocenters. The van der Waals surface area contributed by atoms with Crippen molar-refractivity contribution in [2.24, 2.45) is 0 Å². The number of para-hydroxylation sites is 1. The van der Waals surface area contributed by atoms with Crippen molar-refractivity contribution < 1.29 is 9.53 Å². The molecule has 0 aliphatic rings. The lowest BCUT2D eigenvalue weighted by molar-refractivity contribution is -0.150. The van der Waals surface area contributed by atoms with E-state index in [0.29, 0.717) is 0 Å². The molecule has 0 heterocycles. The van der Waals surface area contributed by atoms with Crippen molar-refractivity contribution in [2.75, 3.05) is 5.32 Å². The van der Waals surface area contributed by atoms with Gasteiger partial charge in [-0.25, -0.2) is 4.79 Å². The number of ether oxygens (including phenoxy) is 1. The lowest BCUT2D eigenvalue weighted by atomic mass is 10.1. The van der Waals surface area contributed by atoms with Crippen molar-refractivity contribution in [2.45, 2.75) is 58.1 Å². The quantitative estimate of drug-likeness (QED) is 0.443. The Hall–Kier alpha value is -2.29. The minimum atomic E-state index is -0.496. The van der Waals surface area contributed by atoms with Gasteiger partial charge in [0.15, 0.2) is 6.04 Å². The third kappa shape index (κ3) is 6.26. The third-order valence-corrected chi connectivity index (χ3v) is 4.32. The molecular formula is C22H29NO2. The van der Waals surface area contributed by atoms with Crippen LogP contribution in [0.25, 0.3) is 0 Å². The van der Waals surface area contributed by atoms with Crippen LogP contribution in [0, 0.1) is 0 Å². The first-order chi connectivity index (χ1) is 12.2. The van der Waals surface area contributed by atoms with E-state index >= 15 is 0 Å². The van der Waals surface area contributed by atoms with E-state index in [4.69, 9.17) is 4.74 Å². The molecule has 1 N–H and O–H groups in total. The summed E-state index contributed by atoms with van der Waals surface area (Å²) in [6.07, 6.45) is 5.23. The molecule has 3 nitrogen and oxygen atoms in total. The van der Waals surface area contributed by atoms with Crippen LogP contribution in [0.1, 0.15) is 57.6 Å². The van der Waals surface area contributed by atoms with Crippen LogP contribution in [0.4, 0.5) is 5.69 Å². The van der Waals surface area contributed by atoms with E-state index in [2.05, 4.69) is 19.2 Å². The van der Waals surface area contributed by atoms with Crippen molar-refractivity contribution in [1.82, 2.24) is 0 Å². The van der Waals surface area contributed by atoms with Crippen LogP contribution in [-0.4, -0.2) is 12.1 Å². The molecule has 0 bridgehead atoms. The summed E-state index contributed by atoms with van der Waals surface area (Å²) in [5, 5.41) is 3.32. The summed E-state index contributed by atoms with van der Waals surface area (Å²) in [5.41, 5.74) is 1.83. The third-order valence-electron chi connectivity index (χ3n) is 4.32. The molecule has 2 aromatic rings. The Morgan fingerprint density at radius 1 is 0.960 bits per heavy atom. The summed E-state index contributed by atoms with van der Waals surface area (Å²) in [5.74, 6) is -0.210. The number of carbonyl (C=O) groups excluding carboxylic acids is 1. The Morgan fingerprint density at radius 3 is 2.20 bits per heavy atom. The molecule has 0 aliphatic heterocycles. The Bertz CT molecular complexity index is 612. The van der Waals surface area contributed by atoms with Crippen LogP contribution < -0.4 is 5.32 Å². The normalized spacial score (nSPS) is 13.0. The molecule has 2 rings (SSSR count). The minimum Gasteiger partial charge on any atom is -0.461 e. The second-order valence-corrected chi connectivity index (χ2v) is 6.32. The highest BCUT2D eigenvalue weighted by Gasteiger charge is 2.24. The summed E-state index contributed by atoms with van der Waals surface area (Å²) in [7, 11) is 0. The summed E-state index contributed by atoms with van der Waals surface area (Å²) in [6.45, 7) is 4.26. The molecule has 0 fully saturated rings. The molecule has 0 aliphatic carbocycles. The van der Waals surface area contributed by atoms with Gasteiger partial charge < -0.3 is 10.1 Å². The number of carbonyl (C=O) groups is 1. The molecule has 2 aromatic carbocycles. The molecule has 134 valence electrons. The maximum atomic E-state index is 12.9. The van der Waals surface area contributed by atoms with Crippen LogP contribution in [-0.2, 0) is 9.53 Å². The first-order valence-electron chi connectivity index (χ1n) is 9.31. The summed E-state index contributed by atoms with van der Waals surface area (Å²) >= 11 is 0. The monoisotopic (exact) mass is 339 g/mol.